The van der Waals surface area contributed by atoms with Crippen molar-refractivity contribution in [3.8, 4) is 0 Å². The van der Waals surface area contributed by atoms with Gasteiger partial charge in [0, 0.05) is 27.2 Å². The summed E-state index contributed by atoms with van der Waals surface area (Å²) in [7, 11) is 3.47. The number of nitrogens with one attached hydrogen (secondary N) is 2. The van der Waals surface area contributed by atoms with E-state index in [9.17, 15) is 0 Å². The number of rotatable bonds is 6. The lowest BCUT2D eigenvalue weighted by Gasteiger charge is -2.16. The van der Waals surface area contributed by atoms with Crippen LogP contribution in [-0.2, 0) is 4.74 Å². The van der Waals surface area contributed by atoms with Crippen LogP contribution in [0.25, 0.3) is 0 Å². The van der Waals surface area contributed by atoms with Gasteiger partial charge < -0.3 is 15.4 Å². The highest BCUT2D eigenvalue weighted by molar-refractivity contribution is 5.79. The number of nitrogens with zero attached hydrogens (tertiary/aromatic N) is 1. The molecule has 0 saturated carbocycles. The molecule has 0 saturated heterocycles. The Morgan fingerprint density at radius 3 is 2.53 bits per heavy atom. The molecule has 0 aliphatic carbocycles. The summed E-state index contributed by atoms with van der Waals surface area (Å²) in [6, 6.07) is 8.67. The van der Waals surface area contributed by atoms with Gasteiger partial charge in [0.25, 0.3) is 0 Å². The molecular weight excluding hydrogens is 238 g/mol. The predicted molar refractivity (Wildman–Crippen MR) is 80.8 cm³/mol. The lowest BCUT2D eigenvalue weighted by molar-refractivity contribution is 0.203. The van der Waals surface area contributed by atoms with Crippen LogP contribution >= 0.6 is 0 Å². The van der Waals surface area contributed by atoms with Crippen molar-refractivity contribution in [3.63, 3.8) is 0 Å². The topological polar surface area (TPSA) is 45.7 Å². The Kier molecular flexibility index (Phi) is 6.97. The van der Waals surface area contributed by atoms with Crippen LogP contribution in [-0.4, -0.2) is 39.8 Å². The van der Waals surface area contributed by atoms with Gasteiger partial charge in [-0.25, -0.2) is 0 Å². The summed E-state index contributed by atoms with van der Waals surface area (Å²) in [5, 5.41) is 6.52. The number of benzene rings is 1. The van der Waals surface area contributed by atoms with Gasteiger partial charge in [0.2, 0.25) is 0 Å². The molecule has 1 rings (SSSR count). The SMILES string of the molecule is CN=C(NCCOC)NCC(C)c1ccc(C)cc1. The van der Waals surface area contributed by atoms with Gasteiger partial charge in [0.15, 0.2) is 5.96 Å². The molecule has 0 heterocycles. The summed E-state index contributed by atoms with van der Waals surface area (Å²) in [6.45, 7) is 6.60. The minimum absolute atomic E-state index is 0.446. The van der Waals surface area contributed by atoms with E-state index in [1.165, 1.54) is 11.1 Å². The van der Waals surface area contributed by atoms with E-state index in [1.807, 2.05) is 0 Å². The fraction of sp³-hybridized carbons (Fsp3) is 0.533. The number of hydrogen-bond acceptors (Lipinski definition) is 2. The molecule has 2 N–H and O–H groups in total. The van der Waals surface area contributed by atoms with Crippen molar-refractivity contribution in [2.24, 2.45) is 4.99 Å². The quantitative estimate of drug-likeness (QED) is 0.468. The van der Waals surface area contributed by atoms with Gasteiger partial charge in [0.1, 0.15) is 0 Å². The van der Waals surface area contributed by atoms with E-state index in [2.05, 4.69) is 53.7 Å². The molecule has 0 bridgehead atoms. The second-order valence-corrected chi connectivity index (χ2v) is 4.68. The molecule has 0 amide bonds. The lowest BCUT2D eigenvalue weighted by Crippen LogP contribution is -2.40. The first-order valence-electron chi connectivity index (χ1n) is 6.67. The fourth-order valence-corrected chi connectivity index (χ4v) is 1.75. The first-order chi connectivity index (χ1) is 9.17. The average Bonchev–Trinajstić information content (AvgIpc) is 2.43. The van der Waals surface area contributed by atoms with Crippen molar-refractivity contribution in [1.29, 1.82) is 0 Å². The fourth-order valence-electron chi connectivity index (χ4n) is 1.75. The molecule has 0 aliphatic heterocycles. The number of aryl methyl sites for hydroxylation is 1. The minimum Gasteiger partial charge on any atom is -0.383 e. The Labute approximate surface area is 116 Å². The van der Waals surface area contributed by atoms with Crippen molar-refractivity contribution >= 4 is 5.96 Å². The number of ether oxygens (including phenoxy) is 1. The van der Waals surface area contributed by atoms with E-state index in [-0.39, 0.29) is 0 Å². The molecule has 4 heteroatoms. The van der Waals surface area contributed by atoms with Crippen LogP contribution < -0.4 is 10.6 Å². The highest BCUT2D eigenvalue weighted by atomic mass is 16.5. The maximum Gasteiger partial charge on any atom is 0.191 e. The molecule has 1 unspecified atom stereocenters. The summed E-state index contributed by atoms with van der Waals surface area (Å²) in [5.74, 6) is 1.26. The van der Waals surface area contributed by atoms with Crippen LogP contribution in [0, 0.1) is 6.92 Å². The Balaban J connectivity index is 2.39. The van der Waals surface area contributed by atoms with Gasteiger partial charge in [-0.05, 0) is 18.4 Å². The molecule has 0 fully saturated rings. The number of guanidine groups is 1. The Morgan fingerprint density at radius 1 is 1.26 bits per heavy atom. The summed E-state index contributed by atoms with van der Waals surface area (Å²) in [5.41, 5.74) is 2.63. The van der Waals surface area contributed by atoms with Gasteiger partial charge in [0.05, 0.1) is 6.61 Å². The standard InChI is InChI=1S/C15H25N3O/c1-12-5-7-14(8-6-12)13(2)11-18-15(16-3)17-9-10-19-4/h5-8,13H,9-11H2,1-4H3,(H2,16,17,18). The Hall–Kier alpha value is -1.55. The highest BCUT2D eigenvalue weighted by Gasteiger charge is 2.06. The van der Waals surface area contributed by atoms with E-state index in [0.29, 0.717) is 12.5 Å². The Morgan fingerprint density at radius 2 is 1.95 bits per heavy atom. The van der Waals surface area contributed by atoms with Gasteiger partial charge in [-0.1, -0.05) is 36.8 Å². The summed E-state index contributed by atoms with van der Waals surface area (Å²) < 4.78 is 5.00. The van der Waals surface area contributed by atoms with Crippen molar-refractivity contribution in [2.45, 2.75) is 19.8 Å². The maximum absolute atomic E-state index is 5.00. The van der Waals surface area contributed by atoms with Gasteiger partial charge in [-0.2, -0.15) is 0 Å². The van der Waals surface area contributed by atoms with Crippen molar-refractivity contribution < 1.29 is 4.74 Å². The second-order valence-electron chi connectivity index (χ2n) is 4.68. The molecule has 1 aromatic rings. The summed E-state index contributed by atoms with van der Waals surface area (Å²) in [4.78, 5) is 4.18. The van der Waals surface area contributed by atoms with E-state index >= 15 is 0 Å². The predicted octanol–water partition coefficient (Wildman–Crippen LogP) is 1.91. The molecule has 0 spiro atoms. The van der Waals surface area contributed by atoms with E-state index in [4.69, 9.17) is 4.74 Å². The molecule has 106 valence electrons. The molecule has 0 aliphatic rings. The van der Waals surface area contributed by atoms with Gasteiger partial charge >= 0.3 is 0 Å². The van der Waals surface area contributed by atoms with Crippen LogP contribution in [0.2, 0.25) is 0 Å². The normalized spacial score (nSPS) is 13.2. The molecule has 4 nitrogen and oxygen atoms in total. The molecule has 0 aromatic heterocycles. The monoisotopic (exact) mass is 263 g/mol. The molecular formula is C15H25N3O. The van der Waals surface area contributed by atoms with Crippen LogP contribution in [0.1, 0.15) is 24.0 Å². The minimum atomic E-state index is 0.446. The van der Waals surface area contributed by atoms with Crippen molar-refractivity contribution in [3.05, 3.63) is 35.4 Å². The Bertz CT molecular complexity index is 387. The summed E-state index contributed by atoms with van der Waals surface area (Å²) >= 11 is 0. The maximum atomic E-state index is 5.00. The zero-order valence-corrected chi connectivity index (χ0v) is 12.4. The first-order valence-corrected chi connectivity index (χ1v) is 6.67. The van der Waals surface area contributed by atoms with Crippen LogP contribution in [0.4, 0.5) is 0 Å². The number of hydrogen-bond donors (Lipinski definition) is 2. The van der Waals surface area contributed by atoms with Gasteiger partial charge in [-0.3, -0.25) is 4.99 Å². The van der Waals surface area contributed by atoms with E-state index < -0.39 is 0 Å². The molecule has 0 radical (unpaired) electrons. The lowest BCUT2D eigenvalue weighted by atomic mass is 10.0. The zero-order valence-electron chi connectivity index (χ0n) is 12.4. The van der Waals surface area contributed by atoms with Crippen LogP contribution in [0.5, 0.6) is 0 Å². The number of methoxy groups -OCH3 is 1. The third-order valence-electron chi connectivity index (χ3n) is 3.04. The second kappa shape index (κ2) is 8.53. The average molecular weight is 263 g/mol. The van der Waals surface area contributed by atoms with Crippen molar-refractivity contribution in [1.82, 2.24) is 10.6 Å². The van der Waals surface area contributed by atoms with Crippen molar-refractivity contribution in [2.75, 3.05) is 33.9 Å². The third-order valence-corrected chi connectivity index (χ3v) is 3.04. The highest BCUT2D eigenvalue weighted by Crippen LogP contribution is 2.14. The van der Waals surface area contributed by atoms with Crippen LogP contribution in [0.15, 0.2) is 29.3 Å². The largest absolute Gasteiger partial charge is 0.383 e. The molecule has 19 heavy (non-hydrogen) atoms. The zero-order chi connectivity index (χ0) is 14.1. The van der Waals surface area contributed by atoms with Gasteiger partial charge in [-0.15, -0.1) is 0 Å². The van der Waals surface area contributed by atoms with Crippen LogP contribution in [0.3, 0.4) is 0 Å². The summed E-state index contributed by atoms with van der Waals surface area (Å²) in [6.07, 6.45) is 0. The molecule has 1 aromatic carbocycles. The first kappa shape index (κ1) is 15.5. The van der Waals surface area contributed by atoms with E-state index in [1.54, 1.807) is 14.2 Å². The third kappa shape index (κ3) is 5.75. The number of aliphatic imine (C=N–C) groups is 1. The van der Waals surface area contributed by atoms with E-state index in [0.717, 1.165) is 19.0 Å². The smallest absolute Gasteiger partial charge is 0.191 e. The molecule has 1 atom stereocenters.